The van der Waals surface area contributed by atoms with E-state index in [9.17, 15) is 41.4 Å². The van der Waals surface area contributed by atoms with Gasteiger partial charge in [0.15, 0.2) is 0 Å². The lowest BCUT2D eigenvalue weighted by Gasteiger charge is -2.33. The van der Waals surface area contributed by atoms with Gasteiger partial charge >= 0.3 is 11.9 Å². The number of carboxylic acid groups (broad SMARTS) is 2. The topological polar surface area (TPSA) is 229 Å². The summed E-state index contributed by atoms with van der Waals surface area (Å²) >= 11 is 6.05. The Morgan fingerprint density at radius 1 is 1.20 bits per heavy atom. The second-order valence-corrected chi connectivity index (χ2v) is 14.7. The van der Waals surface area contributed by atoms with E-state index in [4.69, 9.17) is 16.7 Å². The number of anilines is 1. The third-order valence-electron chi connectivity index (χ3n) is 7.88. The number of carboxylic acids is 2. The minimum absolute atomic E-state index is 0.000319. The number of sulfonamides is 2. The fraction of sp³-hybridized carbons (Fsp3) is 0.444. The Bertz CT molecular complexity index is 1680. The number of hydrogen-bond acceptors (Lipinski definition) is 10. The lowest BCUT2D eigenvalue weighted by atomic mass is 10.0. The summed E-state index contributed by atoms with van der Waals surface area (Å²) in [6.45, 7) is 1.52. The predicted molar refractivity (Wildman–Crippen MR) is 164 cm³/mol. The third-order valence-corrected chi connectivity index (χ3v) is 10.8. The summed E-state index contributed by atoms with van der Waals surface area (Å²) in [6.07, 6.45) is -0.200. The molecule has 0 aromatic heterocycles. The lowest BCUT2D eigenvalue weighted by Crippen LogP contribution is -2.54. The summed E-state index contributed by atoms with van der Waals surface area (Å²) in [7, 11) is -6.84. The van der Waals surface area contributed by atoms with Crippen LogP contribution >= 0.6 is 11.6 Å². The Labute approximate surface area is 265 Å². The molecular weight excluding hydrogens is 652 g/mol. The number of carbonyl (C=O) groups excluding carboxylic acids is 1. The number of aliphatic carboxylic acids is 2. The average molecular weight is 687 g/mol. The zero-order valence-corrected chi connectivity index (χ0v) is 26.8. The Hall–Kier alpha value is -3.32. The molecule has 2 aliphatic rings. The molecule has 246 valence electrons. The second kappa shape index (κ2) is 13.6. The van der Waals surface area contributed by atoms with E-state index in [0.717, 1.165) is 17.7 Å². The fourth-order valence-electron chi connectivity index (χ4n) is 5.54. The van der Waals surface area contributed by atoms with E-state index in [-0.39, 0.29) is 41.5 Å². The van der Waals surface area contributed by atoms with Crippen molar-refractivity contribution >= 4 is 55.2 Å². The minimum atomic E-state index is -4.29. The van der Waals surface area contributed by atoms with E-state index in [0.29, 0.717) is 6.42 Å². The van der Waals surface area contributed by atoms with Gasteiger partial charge in [-0.1, -0.05) is 41.9 Å². The van der Waals surface area contributed by atoms with Gasteiger partial charge in [0.1, 0.15) is 28.0 Å². The van der Waals surface area contributed by atoms with Gasteiger partial charge in [0.2, 0.25) is 26.0 Å². The van der Waals surface area contributed by atoms with Crippen molar-refractivity contribution < 1.29 is 41.4 Å². The standard InChI is InChI=1S/C27H35ClN6O9S2/c1-15(30-19(26(36)37)9-8-16-6-4-3-5-7-16)25(35)34-13-17(10-21(34)27(38)39)33(2)14-24-31-20-11-18(28)22(44(29,40)41)12-23(20)45(42,43)32-24/h3-7,11-12,15,17,19,21,24,30-32H,8-10,13-14H2,1-2H3,(H,36,37)(H,38,39)(H2,29,40,41)/t15-,17?,19-,21-,24-/m0/s1. The first kappa shape index (κ1) is 34.6. The van der Waals surface area contributed by atoms with Crippen LogP contribution in [0.4, 0.5) is 5.69 Å². The van der Waals surface area contributed by atoms with E-state index in [2.05, 4.69) is 15.4 Å². The zero-order chi connectivity index (χ0) is 33.3. The Kier molecular flexibility index (Phi) is 10.4. The van der Waals surface area contributed by atoms with Crippen LogP contribution in [0.15, 0.2) is 52.3 Å². The van der Waals surface area contributed by atoms with E-state index in [1.807, 2.05) is 30.3 Å². The van der Waals surface area contributed by atoms with Crippen molar-refractivity contribution in [3.63, 3.8) is 0 Å². The van der Waals surface area contributed by atoms with Crippen molar-refractivity contribution in [1.29, 1.82) is 0 Å². The highest BCUT2D eigenvalue weighted by Gasteiger charge is 2.43. The number of primary sulfonamides is 1. The van der Waals surface area contributed by atoms with Gasteiger partial charge in [-0.3, -0.25) is 19.8 Å². The normalized spacial score (nSPS) is 22.3. The van der Waals surface area contributed by atoms with Gasteiger partial charge in [0.05, 0.1) is 16.8 Å². The van der Waals surface area contributed by atoms with Gasteiger partial charge in [-0.15, -0.1) is 0 Å². The number of rotatable bonds is 12. The van der Waals surface area contributed by atoms with E-state index >= 15 is 0 Å². The number of likely N-dealkylation sites (tertiary alicyclic amines) is 1. The highest BCUT2D eigenvalue weighted by atomic mass is 35.5. The zero-order valence-electron chi connectivity index (χ0n) is 24.4. The molecular formula is C27H35ClN6O9S2. The van der Waals surface area contributed by atoms with Crippen molar-refractivity contribution in [3.05, 3.63) is 53.1 Å². The minimum Gasteiger partial charge on any atom is -0.480 e. The van der Waals surface area contributed by atoms with Gasteiger partial charge < -0.3 is 20.4 Å². The number of benzene rings is 2. The van der Waals surface area contributed by atoms with Crippen LogP contribution in [0.25, 0.3) is 0 Å². The average Bonchev–Trinajstić information content (AvgIpc) is 3.40. The first-order valence-electron chi connectivity index (χ1n) is 13.9. The van der Waals surface area contributed by atoms with Crippen LogP contribution in [0.2, 0.25) is 5.02 Å². The number of hydrogen-bond donors (Lipinski definition) is 6. The third kappa shape index (κ3) is 8.10. The highest BCUT2D eigenvalue weighted by Crippen LogP contribution is 2.34. The summed E-state index contributed by atoms with van der Waals surface area (Å²) in [5.41, 5.74) is 0.992. The molecule has 7 N–H and O–H groups in total. The van der Waals surface area contributed by atoms with Crippen LogP contribution in [0, 0.1) is 0 Å². The van der Waals surface area contributed by atoms with Gasteiger partial charge in [-0.25, -0.2) is 26.8 Å². The molecule has 1 fully saturated rings. The quantitative estimate of drug-likeness (QED) is 0.174. The molecule has 0 spiro atoms. The molecule has 0 aliphatic carbocycles. The van der Waals surface area contributed by atoms with Crippen molar-refractivity contribution in [3.8, 4) is 0 Å². The summed E-state index contributed by atoms with van der Waals surface area (Å²) in [6, 6.07) is 7.59. The Balaban J connectivity index is 1.43. The molecule has 18 heteroatoms. The summed E-state index contributed by atoms with van der Waals surface area (Å²) in [5, 5.41) is 30.3. The Morgan fingerprint density at radius 2 is 1.87 bits per heavy atom. The molecule has 4 rings (SSSR count). The van der Waals surface area contributed by atoms with Crippen LogP contribution in [0.3, 0.4) is 0 Å². The highest BCUT2D eigenvalue weighted by molar-refractivity contribution is 7.90. The summed E-state index contributed by atoms with van der Waals surface area (Å²) < 4.78 is 52.0. The van der Waals surface area contributed by atoms with Crippen LogP contribution < -0.4 is 20.5 Å². The van der Waals surface area contributed by atoms with Crippen molar-refractivity contribution in [1.82, 2.24) is 19.8 Å². The maximum Gasteiger partial charge on any atom is 0.326 e. The molecule has 45 heavy (non-hydrogen) atoms. The molecule has 2 aromatic carbocycles. The van der Waals surface area contributed by atoms with E-state index < -0.39 is 73.1 Å². The van der Waals surface area contributed by atoms with Crippen molar-refractivity contribution in [2.45, 2.75) is 66.3 Å². The first-order valence-corrected chi connectivity index (χ1v) is 17.3. The van der Waals surface area contributed by atoms with E-state index in [1.165, 1.54) is 11.8 Å². The summed E-state index contributed by atoms with van der Waals surface area (Å²) in [4.78, 5) is 39.5. The number of aryl methyl sites for hydroxylation is 1. The molecule has 2 aromatic rings. The number of amides is 1. The first-order chi connectivity index (χ1) is 21.0. The number of likely N-dealkylation sites (N-methyl/N-ethyl adjacent to an activating group) is 1. The monoisotopic (exact) mass is 686 g/mol. The maximum atomic E-state index is 13.4. The van der Waals surface area contributed by atoms with Crippen LogP contribution in [-0.4, -0.2) is 105 Å². The van der Waals surface area contributed by atoms with Crippen LogP contribution in [0.5, 0.6) is 0 Å². The smallest absolute Gasteiger partial charge is 0.326 e. The van der Waals surface area contributed by atoms with E-state index in [1.54, 1.807) is 11.9 Å². The molecule has 1 unspecified atom stereocenters. The van der Waals surface area contributed by atoms with Crippen molar-refractivity contribution in [2.24, 2.45) is 5.14 Å². The summed E-state index contributed by atoms with van der Waals surface area (Å²) in [5.74, 6) is -2.93. The number of nitrogens with two attached hydrogens (primary N) is 1. The van der Waals surface area contributed by atoms with Gasteiger partial charge in [0.25, 0.3) is 0 Å². The molecule has 0 radical (unpaired) electrons. The number of fused-ring (bicyclic) bond motifs is 1. The van der Waals surface area contributed by atoms with Gasteiger partial charge in [-0.05, 0) is 50.9 Å². The maximum absolute atomic E-state index is 13.4. The fourth-order valence-corrected chi connectivity index (χ4v) is 8.03. The number of halogens is 1. The SMILES string of the molecule is C[C@H](N[C@@H](CCc1ccccc1)C(=O)O)C(=O)N1CC(N(C)C[C@H]2Nc3cc(Cl)c(S(N)(=O)=O)cc3S(=O)(=O)N2)C[C@H]1C(=O)O. The second-order valence-electron chi connectivity index (χ2n) is 11.1. The van der Waals surface area contributed by atoms with Crippen LogP contribution in [-0.2, 0) is 40.9 Å². The molecule has 1 amide bonds. The molecule has 5 atom stereocenters. The molecule has 0 bridgehead atoms. The molecule has 0 saturated carbocycles. The van der Waals surface area contributed by atoms with Crippen LogP contribution in [0.1, 0.15) is 25.3 Å². The largest absolute Gasteiger partial charge is 0.480 e. The number of nitrogens with zero attached hydrogens (tertiary/aromatic N) is 2. The lowest BCUT2D eigenvalue weighted by molar-refractivity contribution is -0.149. The number of carbonyl (C=O) groups is 3. The molecule has 2 aliphatic heterocycles. The molecule has 1 saturated heterocycles. The molecule has 15 nitrogen and oxygen atoms in total. The van der Waals surface area contributed by atoms with Gasteiger partial charge in [0, 0.05) is 19.1 Å². The molecule has 2 heterocycles. The van der Waals surface area contributed by atoms with Crippen molar-refractivity contribution in [2.75, 3.05) is 25.5 Å². The number of nitrogens with one attached hydrogen (secondary N) is 3. The predicted octanol–water partition coefficient (Wildman–Crippen LogP) is 0.0673. The Morgan fingerprint density at radius 3 is 2.47 bits per heavy atom. The van der Waals surface area contributed by atoms with Gasteiger partial charge in [-0.2, -0.15) is 4.72 Å².